The zero-order valence-electron chi connectivity index (χ0n) is 9.54. The van der Waals surface area contributed by atoms with Gasteiger partial charge in [0.25, 0.3) is 0 Å². The lowest BCUT2D eigenvalue weighted by Crippen LogP contribution is -2.13. The molecule has 17 heavy (non-hydrogen) atoms. The Morgan fingerprint density at radius 3 is 3.06 bits per heavy atom. The normalized spacial score (nSPS) is 12.4. The van der Waals surface area contributed by atoms with Gasteiger partial charge in [-0.05, 0) is 29.6 Å². The molecule has 0 saturated carbocycles. The zero-order chi connectivity index (χ0) is 12.1. The molecule has 0 aliphatic carbocycles. The fraction of sp³-hybridized carbons (Fsp3) is 0.364. The molecule has 0 saturated heterocycles. The standard InChI is InChI=1S/C11H14N4OS/c1-2-3-16-9-4-8(5-13-6-9)11(12)10-7-17-15-14-10/h4-7,11H,2-3,12H2,1H3. The van der Waals surface area contributed by atoms with Gasteiger partial charge in [0.05, 0.1) is 24.5 Å². The van der Waals surface area contributed by atoms with Crippen molar-refractivity contribution in [1.82, 2.24) is 14.6 Å². The Hall–Kier alpha value is -1.53. The summed E-state index contributed by atoms with van der Waals surface area (Å²) in [6.45, 7) is 2.74. The van der Waals surface area contributed by atoms with Gasteiger partial charge in [0.2, 0.25) is 0 Å². The first kappa shape index (κ1) is 11.9. The van der Waals surface area contributed by atoms with Crippen molar-refractivity contribution < 1.29 is 4.74 Å². The van der Waals surface area contributed by atoms with E-state index in [0.29, 0.717) is 6.61 Å². The van der Waals surface area contributed by atoms with Crippen LogP contribution in [0.3, 0.4) is 0 Å². The van der Waals surface area contributed by atoms with Crippen molar-refractivity contribution in [2.24, 2.45) is 5.73 Å². The molecule has 0 fully saturated rings. The number of rotatable bonds is 5. The minimum absolute atomic E-state index is 0.300. The average molecular weight is 250 g/mol. The number of hydrogen-bond acceptors (Lipinski definition) is 6. The van der Waals surface area contributed by atoms with Crippen molar-refractivity contribution >= 4 is 11.5 Å². The van der Waals surface area contributed by atoms with Crippen LogP contribution < -0.4 is 10.5 Å². The molecule has 2 aromatic heterocycles. The van der Waals surface area contributed by atoms with Crippen molar-refractivity contribution in [3.8, 4) is 5.75 Å². The third-order valence-electron chi connectivity index (χ3n) is 2.26. The van der Waals surface area contributed by atoms with E-state index in [2.05, 4.69) is 21.5 Å². The first-order valence-corrected chi connectivity index (χ1v) is 6.25. The van der Waals surface area contributed by atoms with Crippen LogP contribution in [0.5, 0.6) is 5.75 Å². The van der Waals surface area contributed by atoms with Crippen LogP contribution in [0.1, 0.15) is 30.6 Å². The summed E-state index contributed by atoms with van der Waals surface area (Å²) in [7, 11) is 0. The smallest absolute Gasteiger partial charge is 0.137 e. The largest absolute Gasteiger partial charge is 0.492 e. The molecule has 6 heteroatoms. The van der Waals surface area contributed by atoms with Gasteiger partial charge < -0.3 is 10.5 Å². The second kappa shape index (κ2) is 5.70. The van der Waals surface area contributed by atoms with Gasteiger partial charge in [-0.15, -0.1) is 5.10 Å². The van der Waals surface area contributed by atoms with Crippen LogP contribution in [-0.4, -0.2) is 21.2 Å². The zero-order valence-corrected chi connectivity index (χ0v) is 10.4. The third kappa shape index (κ3) is 2.98. The Morgan fingerprint density at radius 2 is 2.35 bits per heavy atom. The van der Waals surface area contributed by atoms with Gasteiger partial charge in [-0.25, -0.2) is 0 Å². The van der Waals surface area contributed by atoms with E-state index in [-0.39, 0.29) is 6.04 Å². The lowest BCUT2D eigenvalue weighted by atomic mass is 10.1. The van der Waals surface area contributed by atoms with Gasteiger partial charge in [0.15, 0.2) is 0 Å². The monoisotopic (exact) mass is 250 g/mol. The second-order valence-electron chi connectivity index (χ2n) is 3.61. The van der Waals surface area contributed by atoms with Gasteiger partial charge in [0.1, 0.15) is 5.75 Å². The highest BCUT2D eigenvalue weighted by molar-refractivity contribution is 7.03. The third-order valence-corrected chi connectivity index (χ3v) is 2.78. The lowest BCUT2D eigenvalue weighted by molar-refractivity contribution is 0.315. The number of nitrogens with two attached hydrogens (primary N) is 1. The number of hydrogen-bond donors (Lipinski definition) is 1. The molecule has 1 unspecified atom stereocenters. The fourth-order valence-electron chi connectivity index (χ4n) is 1.38. The molecule has 0 amide bonds. The summed E-state index contributed by atoms with van der Waals surface area (Å²) in [5.41, 5.74) is 7.70. The van der Waals surface area contributed by atoms with Crippen molar-refractivity contribution in [3.05, 3.63) is 35.1 Å². The maximum atomic E-state index is 6.07. The van der Waals surface area contributed by atoms with Gasteiger partial charge >= 0.3 is 0 Å². The van der Waals surface area contributed by atoms with Gasteiger partial charge in [-0.1, -0.05) is 11.4 Å². The summed E-state index contributed by atoms with van der Waals surface area (Å²) in [5.74, 6) is 0.739. The molecule has 0 aliphatic heterocycles. The first-order valence-electron chi connectivity index (χ1n) is 5.41. The Morgan fingerprint density at radius 1 is 1.47 bits per heavy atom. The predicted molar refractivity (Wildman–Crippen MR) is 66.0 cm³/mol. The van der Waals surface area contributed by atoms with Crippen molar-refractivity contribution in [1.29, 1.82) is 0 Å². The minimum atomic E-state index is -0.300. The predicted octanol–water partition coefficient (Wildman–Crippen LogP) is 1.77. The Balaban J connectivity index is 2.15. The molecule has 5 nitrogen and oxygen atoms in total. The van der Waals surface area contributed by atoms with Crippen LogP contribution >= 0.6 is 11.5 Å². The van der Waals surface area contributed by atoms with Gasteiger partial charge in [-0.3, -0.25) is 4.98 Å². The van der Waals surface area contributed by atoms with E-state index in [1.54, 1.807) is 12.4 Å². The van der Waals surface area contributed by atoms with E-state index in [1.807, 2.05) is 11.4 Å². The van der Waals surface area contributed by atoms with Crippen LogP contribution in [-0.2, 0) is 0 Å². The van der Waals surface area contributed by atoms with Crippen LogP contribution in [0.4, 0.5) is 0 Å². The van der Waals surface area contributed by atoms with Crippen LogP contribution in [0.2, 0.25) is 0 Å². The Labute approximate surface area is 104 Å². The highest BCUT2D eigenvalue weighted by Gasteiger charge is 2.12. The highest BCUT2D eigenvalue weighted by Crippen LogP contribution is 2.21. The number of pyridine rings is 1. The number of aromatic nitrogens is 3. The highest BCUT2D eigenvalue weighted by atomic mass is 32.1. The van der Waals surface area contributed by atoms with Crippen molar-refractivity contribution in [2.45, 2.75) is 19.4 Å². The SMILES string of the molecule is CCCOc1cncc(C(N)c2csnn2)c1. The molecule has 0 spiro atoms. The van der Waals surface area contributed by atoms with Gasteiger partial charge in [-0.2, -0.15) is 0 Å². The van der Waals surface area contributed by atoms with Gasteiger partial charge in [0, 0.05) is 11.6 Å². The number of nitrogens with zero attached hydrogens (tertiary/aromatic N) is 3. The molecule has 0 aliphatic rings. The quantitative estimate of drug-likeness (QED) is 0.875. The molecule has 2 N–H and O–H groups in total. The molecular formula is C11H14N4OS. The van der Waals surface area contributed by atoms with E-state index in [9.17, 15) is 0 Å². The van der Waals surface area contributed by atoms with E-state index in [0.717, 1.165) is 23.4 Å². The topological polar surface area (TPSA) is 73.9 Å². The first-order chi connectivity index (χ1) is 8.31. The van der Waals surface area contributed by atoms with E-state index in [4.69, 9.17) is 10.5 Å². The van der Waals surface area contributed by atoms with E-state index < -0.39 is 0 Å². The van der Waals surface area contributed by atoms with Crippen LogP contribution in [0.15, 0.2) is 23.8 Å². The van der Waals surface area contributed by atoms with Crippen molar-refractivity contribution in [2.75, 3.05) is 6.61 Å². The maximum absolute atomic E-state index is 6.07. The van der Waals surface area contributed by atoms with Crippen LogP contribution in [0, 0.1) is 0 Å². The average Bonchev–Trinajstić information content (AvgIpc) is 2.89. The summed E-state index contributed by atoms with van der Waals surface area (Å²) in [5, 5.41) is 5.80. The molecular weight excluding hydrogens is 236 g/mol. The molecule has 1 atom stereocenters. The Kier molecular flexibility index (Phi) is 4.00. The second-order valence-corrected chi connectivity index (χ2v) is 4.22. The summed E-state index contributed by atoms with van der Waals surface area (Å²) in [6.07, 6.45) is 4.38. The Bertz CT molecular complexity index is 460. The molecule has 0 aromatic carbocycles. The minimum Gasteiger partial charge on any atom is -0.492 e. The summed E-state index contributed by atoms with van der Waals surface area (Å²) in [6, 6.07) is 1.60. The summed E-state index contributed by atoms with van der Waals surface area (Å²) >= 11 is 1.29. The van der Waals surface area contributed by atoms with Crippen LogP contribution in [0.25, 0.3) is 0 Å². The van der Waals surface area contributed by atoms with E-state index in [1.165, 1.54) is 11.5 Å². The molecule has 0 radical (unpaired) electrons. The molecule has 2 rings (SSSR count). The van der Waals surface area contributed by atoms with Crippen molar-refractivity contribution in [3.63, 3.8) is 0 Å². The summed E-state index contributed by atoms with van der Waals surface area (Å²) in [4.78, 5) is 4.12. The molecule has 2 heterocycles. The maximum Gasteiger partial charge on any atom is 0.137 e. The molecule has 90 valence electrons. The molecule has 0 bridgehead atoms. The lowest BCUT2D eigenvalue weighted by Gasteiger charge is -2.10. The fourth-order valence-corrected chi connectivity index (χ4v) is 1.87. The summed E-state index contributed by atoms with van der Waals surface area (Å²) < 4.78 is 9.31. The number of ether oxygens (including phenoxy) is 1. The van der Waals surface area contributed by atoms with E-state index >= 15 is 0 Å². The molecule has 2 aromatic rings.